The van der Waals surface area contributed by atoms with E-state index in [4.69, 9.17) is 9.47 Å². The molecule has 0 aliphatic carbocycles. The van der Waals surface area contributed by atoms with Crippen LogP contribution in [-0.2, 0) is 23.9 Å². The van der Waals surface area contributed by atoms with Crippen LogP contribution in [0.25, 0.3) is 0 Å². The zero-order valence-corrected chi connectivity index (χ0v) is 35.7. The molecule has 6 N–H and O–H groups in total. The van der Waals surface area contributed by atoms with E-state index in [1.165, 1.54) is 116 Å². The predicted molar refractivity (Wildman–Crippen MR) is 226 cm³/mol. The Labute approximate surface area is 333 Å². The summed E-state index contributed by atoms with van der Waals surface area (Å²) in [6, 6.07) is -0.380. The predicted octanol–water partition coefficient (Wildman–Crippen LogP) is 10.00. The van der Waals surface area contributed by atoms with Gasteiger partial charge in [0.25, 0.3) is 5.91 Å². The van der Waals surface area contributed by atoms with Crippen LogP contribution in [0.2, 0.25) is 0 Å². The number of amides is 1. The summed E-state index contributed by atoms with van der Waals surface area (Å²) in [5, 5.41) is 0. The standard InChI is InChI=1S/C46H87N3O5/c1-3-5-7-9-11-13-15-17-19-21-23-25-27-29-31-36-44(50)53-41-39-49(46(52)43(48)35-33-34-38-47)40-42-54-45(51)37-32-30-28-26-24-22-20-18-16-14-12-10-8-6-4-2/h17-20,43H,3-16,21-42,47-48H2,1-2H3/p+2/b19-17-,20-18-. The van der Waals surface area contributed by atoms with Gasteiger partial charge in [0.2, 0.25) is 0 Å². The second-order valence-corrected chi connectivity index (χ2v) is 15.5. The van der Waals surface area contributed by atoms with Gasteiger partial charge in [-0.2, -0.15) is 0 Å². The molecule has 0 spiro atoms. The van der Waals surface area contributed by atoms with Gasteiger partial charge in [0.15, 0.2) is 6.04 Å². The highest BCUT2D eigenvalue weighted by Gasteiger charge is 2.24. The molecule has 1 amide bonds. The van der Waals surface area contributed by atoms with Crippen molar-refractivity contribution in [2.24, 2.45) is 0 Å². The van der Waals surface area contributed by atoms with E-state index in [-0.39, 0.29) is 50.2 Å². The number of esters is 2. The SMILES string of the molecule is CCCCCCCC/C=C\CCCCCCCC(=O)OCCN(CCOC(=O)CCCCCCC/C=C\CCCCCCCC)C(=O)C([NH3+])CCCC[NH3+]. The van der Waals surface area contributed by atoms with Gasteiger partial charge < -0.3 is 25.8 Å². The fourth-order valence-electron chi connectivity index (χ4n) is 6.65. The van der Waals surface area contributed by atoms with Crippen molar-refractivity contribution >= 4 is 17.8 Å². The molecule has 0 aromatic heterocycles. The molecule has 0 rings (SSSR count). The molecule has 8 nitrogen and oxygen atoms in total. The van der Waals surface area contributed by atoms with Crippen molar-refractivity contribution < 1.29 is 35.3 Å². The maximum Gasteiger partial charge on any atom is 0.305 e. The second-order valence-electron chi connectivity index (χ2n) is 15.5. The van der Waals surface area contributed by atoms with E-state index >= 15 is 0 Å². The Morgan fingerprint density at radius 1 is 0.500 bits per heavy atom. The number of ether oxygens (including phenoxy) is 2. The lowest BCUT2D eigenvalue weighted by atomic mass is 10.1. The Morgan fingerprint density at radius 3 is 1.22 bits per heavy atom. The first-order chi connectivity index (χ1) is 26.5. The zero-order chi connectivity index (χ0) is 39.6. The molecule has 316 valence electrons. The van der Waals surface area contributed by atoms with E-state index in [2.05, 4.69) is 49.6 Å². The van der Waals surface area contributed by atoms with Crippen LogP contribution in [-0.4, -0.2) is 61.6 Å². The molecule has 0 aromatic carbocycles. The monoisotopic (exact) mass is 764 g/mol. The fraction of sp³-hybridized carbons (Fsp3) is 0.848. The van der Waals surface area contributed by atoms with Gasteiger partial charge >= 0.3 is 11.9 Å². The molecule has 0 aromatic rings. The first kappa shape index (κ1) is 51.8. The van der Waals surface area contributed by atoms with Crippen LogP contribution in [0.15, 0.2) is 24.3 Å². The van der Waals surface area contributed by atoms with E-state index in [1.54, 1.807) is 4.90 Å². The van der Waals surface area contributed by atoms with Gasteiger partial charge in [-0.05, 0) is 77.0 Å². The maximum atomic E-state index is 13.2. The highest BCUT2D eigenvalue weighted by molar-refractivity contribution is 5.80. The van der Waals surface area contributed by atoms with Gasteiger partial charge in [-0.25, -0.2) is 0 Å². The van der Waals surface area contributed by atoms with Crippen LogP contribution < -0.4 is 11.5 Å². The van der Waals surface area contributed by atoms with Gasteiger partial charge in [-0.15, -0.1) is 0 Å². The Bertz CT molecular complexity index is 851. The highest BCUT2D eigenvalue weighted by atomic mass is 16.5. The van der Waals surface area contributed by atoms with Gasteiger partial charge in [0.05, 0.1) is 19.6 Å². The summed E-state index contributed by atoms with van der Waals surface area (Å²) < 4.78 is 11.0. The molecule has 1 unspecified atom stereocenters. The molecule has 0 fully saturated rings. The Balaban J connectivity index is 4.16. The number of carbonyl (C=O) groups is 3. The lowest BCUT2D eigenvalue weighted by molar-refractivity contribution is -0.408. The number of carbonyl (C=O) groups excluding carboxylic acids is 3. The molecule has 8 heteroatoms. The normalized spacial score (nSPS) is 12.1. The number of quaternary nitrogens is 2. The summed E-state index contributed by atoms with van der Waals surface area (Å²) in [5.74, 6) is -0.512. The van der Waals surface area contributed by atoms with Crippen molar-refractivity contribution in [2.75, 3.05) is 32.8 Å². The summed E-state index contributed by atoms with van der Waals surface area (Å²) in [6.07, 6.45) is 44.4. The van der Waals surface area contributed by atoms with Crippen LogP contribution in [0.4, 0.5) is 0 Å². The van der Waals surface area contributed by atoms with Crippen LogP contribution in [0.3, 0.4) is 0 Å². The lowest BCUT2D eigenvalue weighted by Crippen LogP contribution is -2.68. The maximum absolute atomic E-state index is 13.2. The zero-order valence-electron chi connectivity index (χ0n) is 35.7. The summed E-state index contributed by atoms with van der Waals surface area (Å²) >= 11 is 0. The smallest absolute Gasteiger partial charge is 0.305 e. The van der Waals surface area contributed by atoms with E-state index in [1.807, 2.05) is 0 Å². The third kappa shape index (κ3) is 36.8. The van der Waals surface area contributed by atoms with Crippen LogP contribution in [0, 0.1) is 0 Å². The third-order valence-electron chi connectivity index (χ3n) is 10.2. The molecular weight excluding hydrogens is 675 g/mol. The summed E-state index contributed by atoms with van der Waals surface area (Å²) in [6.45, 7) is 6.21. The molecule has 0 radical (unpaired) electrons. The number of nitrogens with zero attached hydrogens (tertiary/aromatic N) is 1. The van der Waals surface area contributed by atoms with Crippen molar-refractivity contribution in [1.29, 1.82) is 0 Å². The van der Waals surface area contributed by atoms with Crippen molar-refractivity contribution in [3.05, 3.63) is 24.3 Å². The van der Waals surface area contributed by atoms with Crippen molar-refractivity contribution in [2.45, 2.75) is 219 Å². The first-order valence-corrected chi connectivity index (χ1v) is 23.0. The number of unbranched alkanes of at least 4 members (excludes halogenated alkanes) is 23. The fourth-order valence-corrected chi connectivity index (χ4v) is 6.65. The average molecular weight is 764 g/mol. The van der Waals surface area contributed by atoms with Crippen molar-refractivity contribution in [3.8, 4) is 0 Å². The topological polar surface area (TPSA) is 128 Å². The number of hydrogen-bond donors (Lipinski definition) is 2. The Morgan fingerprint density at radius 2 is 0.852 bits per heavy atom. The number of rotatable bonds is 41. The van der Waals surface area contributed by atoms with Crippen LogP contribution in [0.1, 0.15) is 213 Å². The summed E-state index contributed by atoms with van der Waals surface area (Å²) in [7, 11) is 0. The van der Waals surface area contributed by atoms with Crippen LogP contribution >= 0.6 is 0 Å². The summed E-state index contributed by atoms with van der Waals surface area (Å²) in [5.41, 5.74) is 7.98. The first-order valence-electron chi connectivity index (χ1n) is 23.0. The minimum atomic E-state index is -0.380. The quantitative estimate of drug-likeness (QED) is 0.0364. The highest BCUT2D eigenvalue weighted by Crippen LogP contribution is 2.12. The van der Waals surface area contributed by atoms with Gasteiger partial charge in [0.1, 0.15) is 13.2 Å². The van der Waals surface area contributed by atoms with E-state index in [0.29, 0.717) is 19.3 Å². The lowest BCUT2D eigenvalue weighted by Gasteiger charge is -2.24. The summed E-state index contributed by atoms with van der Waals surface area (Å²) in [4.78, 5) is 39.6. The number of allylic oxidation sites excluding steroid dienone is 4. The molecule has 1 atom stereocenters. The largest absolute Gasteiger partial charge is 0.464 e. The molecular formula is C46H89N3O5+2. The third-order valence-corrected chi connectivity index (χ3v) is 10.2. The molecule has 0 aliphatic rings. The van der Waals surface area contributed by atoms with E-state index < -0.39 is 0 Å². The average Bonchev–Trinajstić information content (AvgIpc) is 3.17. The minimum Gasteiger partial charge on any atom is -0.464 e. The van der Waals surface area contributed by atoms with Gasteiger partial charge in [0, 0.05) is 19.3 Å². The second kappa shape index (κ2) is 42.0. The molecule has 54 heavy (non-hydrogen) atoms. The van der Waals surface area contributed by atoms with Gasteiger partial charge in [-0.1, -0.05) is 141 Å². The molecule has 0 saturated carbocycles. The molecule has 0 bridgehead atoms. The minimum absolute atomic E-state index is 0.0827. The molecule has 0 heterocycles. The van der Waals surface area contributed by atoms with E-state index in [0.717, 1.165) is 70.8 Å². The Hall–Kier alpha value is -2.19. The Kier molecular flexibility index (Phi) is 40.3. The van der Waals surface area contributed by atoms with Crippen molar-refractivity contribution in [1.82, 2.24) is 4.90 Å². The van der Waals surface area contributed by atoms with Crippen molar-refractivity contribution in [3.63, 3.8) is 0 Å². The van der Waals surface area contributed by atoms with E-state index in [9.17, 15) is 14.4 Å². The van der Waals surface area contributed by atoms with Crippen LogP contribution in [0.5, 0.6) is 0 Å². The number of hydrogen-bond acceptors (Lipinski definition) is 5. The molecule has 0 aliphatic heterocycles. The molecule has 0 saturated heterocycles. The van der Waals surface area contributed by atoms with Gasteiger partial charge in [-0.3, -0.25) is 14.4 Å².